The van der Waals surface area contributed by atoms with Crippen molar-refractivity contribution in [2.45, 2.75) is 141 Å². The van der Waals surface area contributed by atoms with Crippen LogP contribution in [0, 0.1) is 47.3 Å². The summed E-state index contributed by atoms with van der Waals surface area (Å²) in [7, 11) is 0. The molecule has 0 aromatic rings. The lowest BCUT2D eigenvalue weighted by Crippen LogP contribution is -2.71. The summed E-state index contributed by atoms with van der Waals surface area (Å²) in [4.78, 5) is 36.8. The van der Waals surface area contributed by atoms with Gasteiger partial charge in [0, 0.05) is 36.5 Å². The van der Waals surface area contributed by atoms with Crippen LogP contribution in [0.2, 0.25) is 0 Å². The van der Waals surface area contributed by atoms with Gasteiger partial charge in [-0.1, -0.05) is 27.7 Å². The van der Waals surface area contributed by atoms with Gasteiger partial charge < -0.3 is 18.9 Å². The molecule has 8 aliphatic heterocycles. The lowest BCUT2D eigenvalue weighted by molar-refractivity contribution is -0.603. The van der Waals surface area contributed by atoms with Crippen molar-refractivity contribution in [1.82, 2.24) is 0 Å². The molecular weight excluding hydrogens is 520 g/mol. The lowest BCUT2D eigenvalue weighted by atomic mass is 9.58. The van der Waals surface area contributed by atoms with Crippen LogP contribution in [0.15, 0.2) is 0 Å². The first-order chi connectivity index (χ1) is 19.1. The maximum absolute atomic E-state index is 6.56. The Labute approximate surface area is 236 Å². The average molecular weight is 567 g/mol. The fraction of sp³-hybridized carbons (Fsp3) is 1.00. The summed E-state index contributed by atoms with van der Waals surface area (Å²) in [5, 5.41) is 0. The highest BCUT2D eigenvalue weighted by atomic mass is 17.3. The Morgan fingerprint density at radius 1 is 0.525 bits per heavy atom. The molecule has 40 heavy (non-hydrogen) atoms. The van der Waals surface area contributed by atoms with E-state index in [9.17, 15) is 0 Å². The van der Waals surface area contributed by atoms with Gasteiger partial charge in [-0.15, -0.1) is 0 Å². The van der Waals surface area contributed by atoms with Crippen LogP contribution in [0.25, 0.3) is 0 Å². The van der Waals surface area contributed by atoms with Crippen molar-refractivity contribution < 1.29 is 48.3 Å². The topological polar surface area (TPSA) is 92.3 Å². The van der Waals surface area contributed by atoms with E-state index in [-0.39, 0.29) is 23.7 Å². The van der Waals surface area contributed by atoms with Crippen molar-refractivity contribution in [3.63, 3.8) is 0 Å². The molecular formula is C30H46O10. The molecule has 8 saturated heterocycles. The maximum atomic E-state index is 6.56. The summed E-state index contributed by atoms with van der Waals surface area (Å²) < 4.78 is 26.1. The van der Waals surface area contributed by atoms with Crippen LogP contribution in [0.3, 0.4) is 0 Å². The average Bonchev–Trinajstić information content (AvgIpc) is 3.30. The lowest BCUT2D eigenvalue weighted by Gasteiger charge is -2.60. The quantitative estimate of drug-likeness (QED) is 0.329. The van der Waals surface area contributed by atoms with Crippen molar-refractivity contribution in [3.05, 3.63) is 0 Å². The van der Waals surface area contributed by atoms with E-state index in [2.05, 4.69) is 27.7 Å². The van der Waals surface area contributed by atoms with E-state index in [1.807, 2.05) is 13.8 Å². The Kier molecular flexibility index (Phi) is 6.16. The van der Waals surface area contributed by atoms with Gasteiger partial charge in [-0.25, -0.2) is 29.3 Å². The molecule has 226 valence electrons. The molecule has 0 radical (unpaired) electrons. The first kappa shape index (κ1) is 27.2. The van der Waals surface area contributed by atoms with Crippen LogP contribution in [0.5, 0.6) is 0 Å². The van der Waals surface area contributed by atoms with E-state index >= 15 is 0 Å². The Hall–Kier alpha value is -0.400. The van der Waals surface area contributed by atoms with E-state index in [0.717, 1.165) is 51.4 Å². The van der Waals surface area contributed by atoms with Gasteiger partial charge in [0.05, 0.1) is 0 Å². The third-order valence-electron chi connectivity index (χ3n) is 12.4. The molecule has 10 fully saturated rings. The minimum absolute atomic E-state index is 0.00634. The first-order valence-corrected chi connectivity index (χ1v) is 15.8. The summed E-state index contributed by atoms with van der Waals surface area (Å²) in [6, 6.07) is 0. The largest absolute Gasteiger partial charge is 0.317 e. The zero-order valence-electron chi connectivity index (χ0n) is 24.7. The Morgan fingerprint density at radius 2 is 0.950 bits per heavy atom. The number of fused-ring (bicyclic) bond motifs is 4. The molecule has 10 aliphatic rings. The molecule has 2 saturated carbocycles. The monoisotopic (exact) mass is 566 g/mol. The molecule has 2 aliphatic carbocycles. The zero-order valence-corrected chi connectivity index (χ0v) is 24.7. The smallest absolute Gasteiger partial charge is 0.201 e. The summed E-state index contributed by atoms with van der Waals surface area (Å²) in [6.45, 7) is 12.8. The van der Waals surface area contributed by atoms with Crippen molar-refractivity contribution in [3.8, 4) is 0 Å². The predicted octanol–water partition coefficient (Wildman–Crippen LogP) is 5.35. The second kappa shape index (κ2) is 9.06. The second-order valence-corrected chi connectivity index (χ2v) is 14.7. The SMILES string of the molecule is C[C@H]1[C@@H](OO[C@H]2O[C@@H]3O[C@]4(C)CC[C@H]5[C@H](C)CC[C@@H]([C@H]2C)C35OO4)O[C@@H]2O[C@]3(C)CC[C@H]4[C@H](C)CC[C@@H]1C24OO3. The fourth-order valence-electron chi connectivity index (χ4n) is 10.1. The summed E-state index contributed by atoms with van der Waals surface area (Å²) in [6.07, 6.45) is 5.35. The Bertz CT molecular complexity index is 935. The van der Waals surface area contributed by atoms with Crippen molar-refractivity contribution in [1.29, 1.82) is 0 Å². The third kappa shape index (κ3) is 3.58. The summed E-state index contributed by atoms with van der Waals surface area (Å²) in [5.41, 5.74) is -1.27. The standard InChI is InChI=1S/C30H46O10/c1-15-7-9-21-17(3)23(31-25-29(21)19(15)11-13-27(5,33-25)37-39-29)35-36-24-18(4)22-10-8-16(2)20-12-14-28(6)34-26(32-24)30(20,22)40-38-28/h15-26H,7-14H2,1-6H3/t15-,16-,17-,18-,19+,20+,21+,22+,23-,24-,25-,26-,27+,28+,29?,30?/m1/s1. The van der Waals surface area contributed by atoms with E-state index < -0.39 is 47.9 Å². The molecule has 16 atom stereocenters. The number of rotatable bonds is 3. The van der Waals surface area contributed by atoms with E-state index in [1.54, 1.807) is 0 Å². The van der Waals surface area contributed by atoms with Crippen LogP contribution in [0.1, 0.15) is 92.9 Å². The third-order valence-corrected chi connectivity index (χ3v) is 12.4. The van der Waals surface area contributed by atoms with Gasteiger partial charge in [-0.3, -0.25) is 0 Å². The second-order valence-electron chi connectivity index (χ2n) is 14.7. The normalized spacial score (nSPS) is 62.2. The summed E-state index contributed by atoms with van der Waals surface area (Å²) in [5.74, 6) is 0.274. The molecule has 4 bridgehead atoms. The van der Waals surface area contributed by atoms with Gasteiger partial charge in [0.2, 0.25) is 11.6 Å². The first-order valence-electron chi connectivity index (χ1n) is 15.8. The molecule has 10 nitrogen and oxygen atoms in total. The zero-order chi connectivity index (χ0) is 27.7. The Morgan fingerprint density at radius 3 is 1.38 bits per heavy atom. The molecule has 10 heteroatoms. The van der Waals surface area contributed by atoms with E-state index in [1.165, 1.54) is 0 Å². The van der Waals surface area contributed by atoms with Crippen LogP contribution in [-0.2, 0) is 48.3 Å². The highest BCUT2D eigenvalue weighted by molar-refractivity contribution is 5.10. The molecule has 2 unspecified atom stereocenters. The highest BCUT2D eigenvalue weighted by Gasteiger charge is 2.71. The molecule has 0 aromatic carbocycles. The van der Waals surface area contributed by atoms with Gasteiger partial charge >= 0.3 is 0 Å². The Balaban J connectivity index is 1.03. The van der Waals surface area contributed by atoms with Gasteiger partial charge in [0.15, 0.2) is 36.4 Å². The highest BCUT2D eigenvalue weighted by Crippen LogP contribution is 2.62. The van der Waals surface area contributed by atoms with Crippen molar-refractivity contribution >= 4 is 0 Å². The number of hydrogen-bond acceptors (Lipinski definition) is 10. The molecule has 0 aromatic heterocycles. The molecule has 2 spiro atoms. The van der Waals surface area contributed by atoms with Crippen LogP contribution in [0.4, 0.5) is 0 Å². The number of ether oxygens (including phenoxy) is 4. The van der Waals surface area contributed by atoms with Gasteiger partial charge in [0.1, 0.15) is 0 Å². The minimum atomic E-state index is -0.832. The van der Waals surface area contributed by atoms with E-state index in [0.29, 0.717) is 23.7 Å². The van der Waals surface area contributed by atoms with Gasteiger partial charge in [-0.05, 0) is 76.0 Å². The maximum Gasteiger partial charge on any atom is 0.201 e. The van der Waals surface area contributed by atoms with Crippen molar-refractivity contribution in [2.24, 2.45) is 47.3 Å². The predicted molar refractivity (Wildman–Crippen MR) is 136 cm³/mol. The fourth-order valence-corrected chi connectivity index (χ4v) is 10.1. The van der Waals surface area contributed by atoms with Crippen molar-refractivity contribution in [2.75, 3.05) is 0 Å². The van der Waals surface area contributed by atoms with Gasteiger partial charge in [0.25, 0.3) is 0 Å². The van der Waals surface area contributed by atoms with Crippen LogP contribution < -0.4 is 0 Å². The molecule has 0 N–H and O–H groups in total. The summed E-state index contributed by atoms with van der Waals surface area (Å²) >= 11 is 0. The number of hydrogen-bond donors (Lipinski definition) is 0. The molecule has 10 rings (SSSR count). The van der Waals surface area contributed by atoms with Crippen LogP contribution >= 0.6 is 0 Å². The van der Waals surface area contributed by atoms with E-state index in [4.69, 9.17) is 48.3 Å². The van der Waals surface area contributed by atoms with Gasteiger partial charge in [-0.2, -0.15) is 0 Å². The molecule has 0 amide bonds. The molecule has 8 heterocycles. The minimum Gasteiger partial charge on any atom is -0.317 e. The van der Waals surface area contributed by atoms with Crippen LogP contribution in [-0.4, -0.2) is 47.9 Å².